The second-order valence-electron chi connectivity index (χ2n) is 8.01. The third kappa shape index (κ3) is 1.78. The van der Waals surface area contributed by atoms with Gasteiger partial charge in [-0.3, -0.25) is 4.79 Å². The Kier molecular flexibility index (Phi) is 2.90. The summed E-state index contributed by atoms with van der Waals surface area (Å²) >= 11 is 0. The van der Waals surface area contributed by atoms with Crippen molar-refractivity contribution in [2.24, 2.45) is 22.7 Å². The molecule has 3 nitrogen and oxygen atoms in total. The van der Waals surface area contributed by atoms with Crippen LogP contribution in [0.3, 0.4) is 0 Å². The smallest absolute Gasteiger partial charge is 0.171 e. The Bertz CT molecular complexity index is 501. The van der Waals surface area contributed by atoms with Gasteiger partial charge >= 0.3 is 0 Å². The normalized spacial score (nSPS) is 34.8. The Morgan fingerprint density at radius 2 is 1.80 bits per heavy atom. The van der Waals surface area contributed by atoms with Gasteiger partial charge in [0.2, 0.25) is 0 Å². The summed E-state index contributed by atoms with van der Waals surface area (Å²) in [5.41, 5.74) is 2.34. The van der Waals surface area contributed by atoms with Crippen LogP contribution in [0.15, 0.2) is 11.3 Å². The molecule has 2 atom stereocenters. The molecule has 0 N–H and O–H groups in total. The molecule has 3 rings (SSSR count). The van der Waals surface area contributed by atoms with Crippen molar-refractivity contribution in [2.45, 2.75) is 47.0 Å². The number of carbonyl (C=O) groups is 2. The van der Waals surface area contributed by atoms with E-state index in [4.69, 9.17) is 0 Å². The molecule has 1 aliphatic carbocycles. The summed E-state index contributed by atoms with van der Waals surface area (Å²) in [6, 6.07) is 0. The molecule has 3 heteroatoms. The van der Waals surface area contributed by atoms with Crippen LogP contribution in [0.2, 0.25) is 0 Å². The number of allylic oxidation sites excluding steroid dienone is 2. The molecule has 2 unspecified atom stereocenters. The molecule has 0 aromatic heterocycles. The van der Waals surface area contributed by atoms with Crippen molar-refractivity contribution in [2.75, 3.05) is 13.1 Å². The number of rotatable bonds is 1. The molecule has 20 heavy (non-hydrogen) atoms. The lowest BCUT2D eigenvalue weighted by Gasteiger charge is -2.55. The Balaban J connectivity index is 2.20. The van der Waals surface area contributed by atoms with Gasteiger partial charge in [0.25, 0.3) is 0 Å². The molecule has 110 valence electrons. The Morgan fingerprint density at radius 1 is 1.15 bits per heavy atom. The molecular weight excluding hydrogens is 250 g/mol. The number of aldehydes is 1. The highest BCUT2D eigenvalue weighted by molar-refractivity contribution is 6.07. The predicted molar refractivity (Wildman–Crippen MR) is 78.1 cm³/mol. The monoisotopic (exact) mass is 275 g/mol. The van der Waals surface area contributed by atoms with Gasteiger partial charge in [-0.05, 0) is 30.1 Å². The maximum atomic E-state index is 12.7. The van der Waals surface area contributed by atoms with E-state index in [2.05, 4.69) is 32.6 Å². The summed E-state index contributed by atoms with van der Waals surface area (Å²) < 4.78 is 0. The van der Waals surface area contributed by atoms with Crippen LogP contribution in [0.4, 0.5) is 0 Å². The number of hydrogen-bond acceptors (Lipinski definition) is 3. The highest BCUT2D eigenvalue weighted by atomic mass is 16.1. The first kappa shape index (κ1) is 13.8. The van der Waals surface area contributed by atoms with Crippen LogP contribution < -0.4 is 0 Å². The van der Waals surface area contributed by atoms with E-state index in [1.54, 1.807) is 0 Å². The highest BCUT2D eigenvalue weighted by Crippen LogP contribution is 2.54. The van der Waals surface area contributed by atoms with Gasteiger partial charge in [-0.15, -0.1) is 0 Å². The fraction of sp³-hybridized carbons (Fsp3) is 0.765. The Labute approximate surface area is 121 Å². The molecule has 1 saturated heterocycles. The number of ketones is 1. The first-order valence-electron chi connectivity index (χ1n) is 7.77. The van der Waals surface area contributed by atoms with Gasteiger partial charge in [0, 0.05) is 30.3 Å². The summed E-state index contributed by atoms with van der Waals surface area (Å²) in [6.45, 7) is 11.0. The average Bonchev–Trinajstić information content (AvgIpc) is 2.36. The topological polar surface area (TPSA) is 37.4 Å². The molecule has 0 saturated carbocycles. The molecule has 1 fully saturated rings. The molecule has 0 radical (unpaired) electrons. The number of Topliss-reactive ketones (excluding diaryl/α,β-unsaturated/α-hetero) is 1. The zero-order valence-corrected chi connectivity index (χ0v) is 13.0. The van der Waals surface area contributed by atoms with E-state index < -0.39 is 5.92 Å². The number of hydrogen-bond donors (Lipinski definition) is 0. The number of nitrogens with zero attached hydrogens (tertiary/aromatic N) is 1. The molecule has 0 spiro atoms. The largest absolute Gasteiger partial charge is 0.374 e. The van der Waals surface area contributed by atoms with Crippen LogP contribution in [-0.4, -0.2) is 30.1 Å². The molecular formula is C17H25NO2. The summed E-state index contributed by atoms with van der Waals surface area (Å²) in [5, 5.41) is 0. The zero-order chi connectivity index (χ0) is 14.7. The fourth-order valence-corrected chi connectivity index (χ4v) is 4.31. The molecule has 2 aliphatic heterocycles. The second-order valence-corrected chi connectivity index (χ2v) is 8.01. The first-order valence-corrected chi connectivity index (χ1v) is 7.77. The van der Waals surface area contributed by atoms with E-state index in [0.29, 0.717) is 12.3 Å². The highest BCUT2D eigenvalue weighted by Gasteiger charge is 2.51. The van der Waals surface area contributed by atoms with Crippen molar-refractivity contribution in [3.8, 4) is 0 Å². The molecule has 0 aromatic carbocycles. The van der Waals surface area contributed by atoms with Gasteiger partial charge in [-0.25, -0.2) is 0 Å². The molecule has 3 aliphatic rings. The van der Waals surface area contributed by atoms with Crippen molar-refractivity contribution < 1.29 is 9.59 Å². The van der Waals surface area contributed by atoms with Crippen LogP contribution >= 0.6 is 0 Å². The SMILES string of the molecule is CC1(C)CCN2CCC(C)(C)C3CC(C=O)C(=O)C1=C32. The first-order chi connectivity index (χ1) is 9.28. The van der Waals surface area contributed by atoms with Crippen LogP contribution in [0.5, 0.6) is 0 Å². The van der Waals surface area contributed by atoms with Crippen molar-refractivity contribution in [1.82, 2.24) is 4.90 Å². The van der Waals surface area contributed by atoms with Crippen molar-refractivity contribution in [3.05, 3.63) is 11.3 Å². The van der Waals surface area contributed by atoms with E-state index >= 15 is 0 Å². The second kappa shape index (κ2) is 4.19. The molecule has 0 amide bonds. The molecule has 0 bridgehead atoms. The van der Waals surface area contributed by atoms with E-state index in [1.807, 2.05) is 0 Å². The van der Waals surface area contributed by atoms with Crippen molar-refractivity contribution in [1.29, 1.82) is 0 Å². The quantitative estimate of drug-likeness (QED) is 0.545. The van der Waals surface area contributed by atoms with E-state index in [-0.39, 0.29) is 16.6 Å². The maximum absolute atomic E-state index is 12.7. The van der Waals surface area contributed by atoms with Crippen molar-refractivity contribution >= 4 is 12.1 Å². The minimum absolute atomic E-state index is 0.0870. The van der Waals surface area contributed by atoms with Gasteiger partial charge in [-0.1, -0.05) is 27.7 Å². The van der Waals surface area contributed by atoms with Gasteiger partial charge in [-0.2, -0.15) is 0 Å². The van der Waals surface area contributed by atoms with Crippen molar-refractivity contribution in [3.63, 3.8) is 0 Å². The van der Waals surface area contributed by atoms with E-state index in [0.717, 1.165) is 37.8 Å². The van der Waals surface area contributed by atoms with Gasteiger partial charge in [0.05, 0.1) is 5.92 Å². The lowest BCUT2D eigenvalue weighted by Crippen LogP contribution is -2.53. The van der Waals surface area contributed by atoms with Crippen LogP contribution in [-0.2, 0) is 9.59 Å². The summed E-state index contributed by atoms with van der Waals surface area (Å²) in [6.07, 6.45) is 3.75. The summed E-state index contributed by atoms with van der Waals surface area (Å²) in [7, 11) is 0. The summed E-state index contributed by atoms with van der Waals surface area (Å²) in [5.74, 6) is 0.0349. The third-order valence-electron chi connectivity index (χ3n) is 5.82. The Morgan fingerprint density at radius 3 is 2.45 bits per heavy atom. The van der Waals surface area contributed by atoms with E-state index in [1.165, 1.54) is 5.70 Å². The number of carbonyl (C=O) groups excluding carboxylic acids is 2. The standard InChI is InChI=1S/C17H25NO2/c1-16(2)5-7-18-8-6-17(3,4)13-14(18)12(16)9-11(10-19)15(13)20/h10-12H,5-9H2,1-4H3. The van der Waals surface area contributed by atoms with Gasteiger partial charge in [0.1, 0.15) is 6.29 Å². The summed E-state index contributed by atoms with van der Waals surface area (Å²) in [4.78, 5) is 26.5. The average molecular weight is 275 g/mol. The Hall–Kier alpha value is -1.12. The van der Waals surface area contributed by atoms with Gasteiger partial charge < -0.3 is 9.69 Å². The zero-order valence-electron chi connectivity index (χ0n) is 13.0. The van der Waals surface area contributed by atoms with Gasteiger partial charge in [0.15, 0.2) is 5.78 Å². The maximum Gasteiger partial charge on any atom is 0.171 e. The van der Waals surface area contributed by atoms with E-state index in [9.17, 15) is 9.59 Å². The lowest BCUT2D eigenvalue weighted by atomic mass is 9.58. The minimum atomic E-state index is -0.421. The molecule has 0 aromatic rings. The van der Waals surface area contributed by atoms with Crippen LogP contribution in [0, 0.1) is 22.7 Å². The van der Waals surface area contributed by atoms with Crippen LogP contribution in [0.1, 0.15) is 47.0 Å². The predicted octanol–water partition coefficient (Wildman–Crippen LogP) is 2.81. The van der Waals surface area contributed by atoms with Crippen LogP contribution in [0.25, 0.3) is 0 Å². The lowest BCUT2D eigenvalue weighted by molar-refractivity contribution is -0.128. The number of piperidine rings is 1. The minimum Gasteiger partial charge on any atom is -0.374 e. The fourth-order valence-electron chi connectivity index (χ4n) is 4.31. The third-order valence-corrected chi connectivity index (χ3v) is 5.82. The molecule has 2 heterocycles.